The Balaban J connectivity index is 2.81. The van der Waals surface area contributed by atoms with Gasteiger partial charge in [-0.2, -0.15) is 0 Å². The summed E-state index contributed by atoms with van der Waals surface area (Å²) in [5.74, 6) is 0.616. The molecule has 0 aliphatic carbocycles. The molecule has 0 saturated carbocycles. The largest absolute Gasteiger partial charge is 0.507 e. The number of benzene rings is 1. The standard InChI is InChI=1S/C16H19NO3/c1-10(2)8-9-12-15(18)11-6-5-7-13(20-4)14(11)17(3)16(12)19/h5-8,18H,9H2,1-4H3. The van der Waals surface area contributed by atoms with Crippen molar-refractivity contribution in [3.05, 3.63) is 45.8 Å². The summed E-state index contributed by atoms with van der Waals surface area (Å²) >= 11 is 0. The minimum absolute atomic E-state index is 0.0412. The first-order valence-corrected chi connectivity index (χ1v) is 6.48. The molecule has 0 saturated heterocycles. The first-order chi connectivity index (χ1) is 9.47. The minimum Gasteiger partial charge on any atom is -0.507 e. The van der Waals surface area contributed by atoms with Crippen LogP contribution in [-0.2, 0) is 13.5 Å². The van der Waals surface area contributed by atoms with Crippen molar-refractivity contribution in [2.75, 3.05) is 7.11 Å². The van der Waals surface area contributed by atoms with E-state index in [2.05, 4.69) is 0 Å². The highest BCUT2D eigenvalue weighted by Crippen LogP contribution is 2.32. The van der Waals surface area contributed by atoms with Crippen LogP contribution < -0.4 is 10.3 Å². The smallest absolute Gasteiger partial charge is 0.258 e. The second kappa shape index (κ2) is 5.41. The fourth-order valence-corrected chi connectivity index (χ4v) is 2.28. The van der Waals surface area contributed by atoms with Gasteiger partial charge in [-0.05, 0) is 32.4 Å². The summed E-state index contributed by atoms with van der Waals surface area (Å²) in [5.41, 5.74) is 1.93. The molecule has 106 valence electrons. The van der Waals surface area contributed by atoms with Gasteiger partial charge in [0, 0.05) is 12.4 Å². The highest BCUT2D eigenvalue weighted by atomic mass is 16.5. The summed E-state index contributed by atoms with van der Waals surface area (Å²) in [6, 6.07) is 5.37. The van der Waals surface area contributed by atoms with Crippen LogP contribution in [0.15, 0.2) is 34.6 Å². The van der Waals surface area contributed by atoms with Crippen LogP contribution in [0.1, 0.15) is 19.4 Å². The maximum atomic E-state index is 12.4. The van der Waals surface area contributed by atoms with Crippen LogP contribution in [0.4, 0.5) is 0 Å². The van der Waals surface area contributed by atoms with Crippen molar-refractivity contribution in [2.45, 2.75) is 20.3 Å². The SMILES string of the molecule is COc1cccc2c(O)c(CC=C(C)C)c(=O)n(C)c12. The topological polar surface area (TPSA) is 51.5 Å². The molecule has 0 aliphatic rings. The number of aromatic nitrogens is 1. The van der Waals surface area contributed by atoms with Gasteiger partial charge in [0.15, 0.2) is 0 Å². The Morgan fingerprint density at radius 3 is 2.70 bits per heavy atom. The average Bonchev–Trinajstić information content (AvgIpc) is 2.43. The van der Waals surface area contributed by atoms with Crippen molar-refractivity contribution in [1.29, 1.82) is 0 Å². The van der Waals surface area contributed by atoms with E-state index in [0.717, 1.165) is 5.57 Å². The van der Waals surface area contributed by atoms with Gasteiger partial charge >= 0.3 is 0 Å². The minimum atomic E-state index is -0.197. The van der Waals surface area contributed by atoms with Crippen molar-refractivity contribution in [3.8, 4) is 11.5 Å². The van der Waals surface area contributed by atoms with Crippen LogP contribution in [0.25, 0.3) is 10.9 Å². The lowest BCUT2D eigenvalue weighted by atomic mass is 10.1. The Morgan fingerprint density at radius 2 is 2.10 bits per heavy atom. The zero-order valence-corrected chi connectivity index (χ0v) is 12.2. The summed E-state index contributed by atoms with van der Waals surface area (Å²) < 4.78 is 6.80. The van der Waals surface area contributed by atoms with E-state index in [1.54, 1.807) is 32.4 Å². The number of hydrogen-bond donors (Lipinski definition) is 1. The van der Waals surface area contributed by atoms with Gasteiger partial charge in [-0.3, -0.25) is 4.79 Å². The monoisotopic (exact) mass is 273 g/mol. The summed E-state index contributed by atoms with van der Waals surface area (Å²) in [6.07, 6.45) is 2.36. The van der Waals surface area contributed by atoms with Gasteiger partial charge in [-0.15, -0.1) is 0 Å². The van der Waals surface area contributed by atoms with Crippen molar-refractivity contribution in [1.82, 2.24) is 4.57 Å². The predicted octanol–water partition coefficient (Wildman–Crippen LogP) is 2.76. The molecule has 2 aromatic rings. The van der Waals surface area contributed by atoms with E-state index in [9.17, 15) is 9.90 Å². The lowest BCUT2D eigenvalue weighted by Gasteiger charge is -2.13. The van der Waals surface area contributed by atoms with Crippen LogP contribution in [0.5, 0.6) is 11.5 Å². The van der Waals surface area contributed by atoms with E-state index in [4.69, 9.17) is 4.74 Å². The van der Waals surface area contributed by atoms with Gasteiger partial charge in [0.2, 0.25) is 0 Å². The molecular formula is C16H19NO3. The average molecular weight is 273 g/mol. The maximum Gasteiger partial charge on any atom is 0.258 e. The number of allylic oxidation sites excluding steroid dienone is 2. The number of aromatic hydroxyl groups is 1. The van der Waals surface area contributed by atoms with Crippen LogP contribution in [0.2, 0.25) is 0 Å². The number of aryl methyl sites for hydroxylation is 1. The van der Waals surface area contributed by atoms with Crippen molar-refractivity contribution in [3.63, 3.8) is 0 Å². The number of methoxy groups -OCH3 is 1. The molecule has 4 heteroatoms. The van der Waals surface area contributed by atoms with Gasteiger partial charge in [0.25, 0.3) is 5.56 Å². The van der Waals surface area contributed by atoms with Crippen molar-refractivity contribution in [2.24, 2.45) is 7.05 Å². The number of ether oxygens (including phenoxy) is 1. The number of pyridine rings is 1. The second-order valence-corrected chi connectivity index (χ2v) is 5.03. The molecule has 1 heterocycles. The van der Waals surface area contributed by atoms with E-state index in [-0.39, 0.29) is 11.3 Å². The second-order valence-electron chi connectivity index (χ2n) is 5.03. The molecule has 4 nitrogen and oxygen atoms in total. The van der Waals surface area contributed by atoms with E-state index >= 15 is 0 Å². The first-order valence-electron chi connectivity index (χ1n) is 6.48. The van der Waals surface area contributed by atoms with Crippen LogP contribution in [0.3, 0.4) is 0 Å². The quantitative estimate of drug-likeness (QED) is 0.875. The Kier molecular flexibility index (Phi) is 3.84. The Morgan fingerprint density at radius 1 is 1.40 bits per heavy atom. The van der Waals surface area contributed by atoms with E-state index in [1.807, 2.05) is 19.9 Å². The molecule has 0 aliphatic heterocycles. The number of rotatable bonds is 3. The molecule has 0 atom stereocenters. The molecule has 2 rings (SSSR count). The Bertz CT molecular complexity index is 737. The number of fused-ring (bicyclic) bond motifs is 1. The Hall–Kier alpha value is -2.23. The third-order valence-corrected chi connectivity index (χ3v) is 3.37. The summed E-state index contributed by atoms with van der Waals surface area (Å²) in [7, 11) is 3.24. The maximum absolute atomic E-state index is 12.4. The van der Waals surface area contributed by atoms with E-state index in [1.165, 1.54) is 4.57 Å². The summed E-state index contributed by atoms with van der Waals surface area (Å²) in [5, 5.41) is 11.0. The molecule has 1 N–H and O–H groups in total. The zero-order valence-electron chi connectivity index (χ0n) is 12.2. The molecular weight excluding hydrogens is 254 g/mol. The highest BCUT2D eigenvalue weighted by Gasteiger charge is 2.16. The molecule has 1 aromatic heterocycles. The van der Waals surface area contributed by atoms with Crippen molar-refractivity contribution < 1.29 is 9.84 Å². The molecule has 0 unspecified atom stereocenters. The lowest BCUT2D eigenvalue weighted by molar-refractivity contribution is 0.416. The molecule has 20 heavy (non-hydrogen) atoms. The molecule has 1 aromatic carbocycles. The third-order valence-electron chi connectivity index (χ3n) is 3.37. The fraction of sp³-hybridized carbons (Fsp3) is 0.312. The van der Waals surface area contributed by atoms with E-state index in [0.29, 0.717) is 28.6 Å². The summed E-state index contributed by atoms with van der Waals surface area (Å²) in [4.78, 5) is 12.4. The molecule has 0 amide bonds. The molecule has 0 bridgehead atoms. The highest BCUT2D eigenvalue weighted by molar-refractivity contribution is 5.91. The molecule has 0 radical (unpaired) electrons. The number of hydrogen-bond acceptors (Lipinski definition) is 3. The van der Waals surface area contributed by atoms with Crippen LogP contribution in [0, 0.1) is 0 Å². The number of para-hydroxylation sites is 1. The van der Waals surface area contributed by atoms with Crippen LogP contribution >= 0.6 is 0 Å². The van der Waals surface area contributed by atoms with Gasteiger partial charge in [0.05, 0.1) is 18.2 Å². The fourth-order valence-electron chi connectivity index (χ4n) is 2.28. The third kappa shape index (κ3) is 2.29. The van der Waals surface area contributed by atoms with Gasteiger partial charge in [-0.25, -0.2) is 0 Å². The lowest BCUT2D eigenvalue weighted by Crippen LogP contribution is -2.21. The predicted molar refractivity (Wildman–Crippen MR) is 80.5 cm³/mol. The van der Waals surface area contributed by atoms with Crippen molar-refractivity contribution >= 4 is 10.9 Å². The van der Waals surface area contributed by atoms with Gasteiger partial charge in [0.1, 0.15) is 11.5 Å². The molecule has 0 spiro atoms. The molecule has 0 fully saturated rings. The van der Waals surface area contributed by atoms with Gasteiger partial charge < -0.3 is 14.4 Å². The number of nitrogens with zero attached hydrogens (tertiary/aromatic N) is 1. The van der Waals surface area contributed by atoms with Crippen LogP contribution in [-0.4, -0.2) is 16.8 Å². The van der Waals surface area contributed by atoms with Gasteiger partial charge in [-0.1, -0.05) is 17.7 Å². The first kappa shape index (κ1) is 14.2. The normalized spacial score (nSPS) is 10.6. The summed E-state index contributed by atoms with van der Waals surface area (Å²) in [6.45, 7) is 3.93. The van der Waals surface area contributed by atoms with E-state index < -0.39 is 0 Å². The Labute approximate surface area is 117 Å². The zero-order chi connectivity index (χ0) is 14.9.